The predicted molar refractivity (Wildman–Crippen MR) is 136 cm³/mol. The van der Waals surface area contributed by atoms with Crippen LogP contribution < -0.4 is 5.32 Å². The molecule has 236 valence electrons. The monoisotopic (exact) mass is 595 g/mol. The summed E-state index contributed by atoms with van der Waals surface area (Å²) < 4.78 is 37.3. The molecule has 3 N–H and O–H groups in total. The first-order chi connectivity index (χ1) is 19.0. The van der Waals surface area contributed by atoms with E-state index in [9.17, 15) is 39.0 Å². The van der Waals surface area contributed by atoms with Crippen molar-refractivity contribution in [3.63, 3.8) is 0 Å². The highest BCUT2D eigenvalue weighted by atomic mass is 16.7. The maximum atomic E-state index is 13.2. The number of ether oxygens (including phenoxy) is 7. The third-order valence-corrected chi connectivity index (χ3v) is 5.35. The Bertz CT molecular complexity index is 903. The van der Waals surface area contributed by atoms with Crippen LogP contribution in [-0.4, -0.2) is 117 Å². The van der Waals surface area contributed by atoms with Gasteiger partial charge in [-0.25, -0.2) is 4.79 Å². The smallest absolute Gasteiger partial charge is 0.366 e. The van der Waals surface area contributed by atoms with Gasteiger partial charge in [-0.2, -0.15) is 0 Å². The SMILES string of the molecule is COC(=O)[C@](CCOC(C)=O)(OCC(C)(CO)CO)OC(CNC(C)=O)[C@H](OC(C)=O)[C@@H](COC(C)=O)OC(C)=O. The van der Waals surface area contributed by atoms with Crippen LogP contribution in [0.1, 0.15) is 48.0 Å². The second-order valence-electron chi connectivity index (χ2n) is 9.37. The molecule has 0 heterocycles. The highest BCUT2D eigenvalue weighted by Crippen LogP contribution is 2.29. The molecule has 0 aliphatic carbocycles. The van der Waals surface area contributed by atoms with Crippen molar-refractivity contribution in [2.45, 2.75) is 72.1 Å². The Morgan fingerprint density at radius 1 is 0.805 bits per heavy atom. The number of methoxy groups -OCH3 is 1. The van der Waals surface area contributed by atoms with Crippen molar-refractivity contribution >= 4 is 35.8 Å². The molecule has 0 aromatic carbocycles. The number of rotatable bonds is 19. The summed E-state index contributed by atoms with van der Waals surface area (Å²) in [5.74, 6) is -7.41. The maximum absolute atomic E-state index is 13.2. The number of carbonyl (C=O) groups is 6. The fourth-order valence-corrected chi connectivity index (χ4v) is 3.20. The minimum atomic E-state index is -2.46. The first kappa shape index (κ1) is 37.7. The van der Waals surface area contributed by atoms with Crippen LogP contribution in [0.25, 0.3) is 0 Å². The van der Waals surface area contributed by atoms with Crippen molar-refractivity contribution in [1.29, 1.82) is 0 Å². The van der Waals surface area contributed by atoms with Crippen molar-refractivity contribution in [1.82, 2.24) is 5.32 Å². The molecule has 0 aliphatic heterocycles. The molecule has 0 rings (SSSR count). The summed E-state index contributed by atoms with van der Waals surface area (Å²) in [4.78, 5) is 72.0. The van der Waals surface area contributed by atoms with E-state index in [2.05, 4.69) is 5.32 Å². The van der Waals surface area contributed by atoms with Gasteiger partial charge in [-0.3, -0.25) is 24.0 Å². The number of aliphatic hydroxyl groups is 2. The molecular weight excluding hydrogens is 554 g/mol. The lowest BCUT2D eigenvalue weighted by Crippen LogP contribution is -2.58. The fourth-order valence-electron chi connectivity index (χ4n) is 3.20. The number of esters is 5. The van der Waals surface area contributed by atoms with Crippen molar-refractivity contribution < 1.29 is 72.1 Å². The molecule has 0 fully saturated rings. The Morgan fingerprint density at radius 3 is 1.80 bits per heavy atom. The summed E-state index contributed by atoms with van der Waals surface area (Å²) in [6, 6.07) is 0. The van der Waals surface area contributed by atoms with Crippen molar-refractivity contribution in [3.05, 3.63) is 0 Å². The average molecular weight is 596 g/mol. The maximum Gasteiger partial charge on any atom is 0.366 e. The predicted octanol–water partition coefficient (Wildman–Crippen LogP) is -1.24. The Balaban J connectivity index is 6.95. The quantitative estimate of drug-likeness (QED) is 0.0903. The van der Waals surface area contributed by atoms with Crippen LogP contribution in [0.2, 0.25) is 0 Å². The van der Waals surface area contributed by atoms with E-state index >= 15 is 0 Å². The van der Waals surface area contributed by atoms with Gasteiger partial charge < -0.3 is 48.7 Å². The number of aliphatic hydroxyl groups excluding tert-OH is 2. The standard InChI is InChI=1S/C25H41NO15/c1-15(29)26-10-20(22(40-19(5)33)21(39-18(4)32)11-37-17(3)31)41-25(23(34)35-7,8-9-36-16(2)30)38-14-24(6,12-27)13-28/h20-22,27-28H,8-14H2,1-7H3,(H,26,29)/t20?,21-,22+,25-/m1/s1. The van der Waals surface area contributed by atoms with Crippen molar-refractivity contribution in [2.75, 3.05) is 46.7 Å². The van der Waals surface area contributed by atoms with E-state index in [1.165, 1.54) is 13.8 Å². The summed E-state index contributed by atoms with van der Waals surface area (Å²) in [5.41, 5.74) is -1.29. The van der Waals surface area contributed by atoms with E-state index in [0.717, 1.165) is 34.8 Å². The fraction of sp³-hybridized carbons (Fsp3) is 0.760. The summed E-state index contributed by atoms with van der Waals surface area (Å²) in [7, 11) is 1.00. The average Bonchev–Trinajstić information content (AvgIpc) is 2.89. The number of nitrogens with one attached hydrogen (secondary N) is 1. The normalized spacial score (nSPS) is 14.9. The lowest BCUT2D eigenvalue weighted by Gasteiger charge is -2.40. The van der Waals surface area contributed by atoms with Crippen LogP contribution in [0.4, 0.5) is 0 Å². The number of amides is 1. The second kappa shape index (κ2) is 18.2. The zero-order valence-electron chi connectivity index (χ0n) is 24.4. The third kappa shape index (κ3) is 14.2. The van der Waals surface area contributed by atoms with Gasteiger partial charge in [0, 0.05) is 53.0 Å². The van der Waals surface area contributed by atoms with E-state index in [0.29, 0.717) is 0 Å². The van der Waals surface area contributed by atoms with Gasteiger partial charge in [-0.15, -0.1) is 0 Å². The highest BCUT2D eigenvalue weighted by Gasteiger charge is 2.49. The minimum absolute atomic E-state index is 0.453. The Hall–Kier alpha value is -3.34. The van der Waals surface area contributed by atoms with Gasteiger partial charge in [0.1, 0.15) is 12.7 Å². The molecule has 0 spiro atoms. The molecule has 16 heteroatoms. The number of hydrogen-bond acceptors (Lipinski definition) is 15. The van der Waals surface area contributed by atoms with Crippen LogP contribution in [0.15, 0.2) is 0 Å². The highest BCUT2D eigenvalue weighted by molar-refractivity contribution is 5.78. The lowest BCUT2D eigenvalue weighted by atomic mass is 9.94. The largest absolute Gasteiger partial charge is 0.466 e. The summed E-state index contributed by atoms with van der Waals surface area (Å²) in [6.07, 6.45) is -5.19. The molecule has 0 saturated heterocycles. The first-order valence-corrected chi connectivity index (χ1v) is 12.5. The lowest BCUT2D eigenvalue weighted by molar-refractivity contribution is -0.290. The summed E-state index contributed by atoms with van der Waals surface area (Å²) in [6.45, 7) is 3.68. The molecule has 0 saturated carbocycles. The zero-order valence-corrected chi connectivity index (χ0v) is 24.4. The molecule has 0 radical (unpaired) electrons. The van der Waals surface area contributed by atoms with Crippen molar-refractivity contribution in [3.8, 4) is 0 Å². The second-order valence-corrected chi connectivity index (χ2v) is 9.37. The number of hydrogen-bond donors (Lipinski definition) is 3. The van der Waals surface area contributed by atoms with E-state index < -0.39 is 111 Å². The van der Waals surface area contributed by atoms with Gasteiger partial charge in [-0.05, 0) is 0 Å². The van der Waals surface area contributed by atoms with Gasteiger partial charge in [0.25, 0.3) is 5.79 Å². The summed E-state index contributed by atoms with van der Waals surface area (Å²) in [5, 5.41) is 21.9. The van der Waals surface area contributed by atoms with Gasteiger partial charge in [0.2, 0.25) is 5.91 Å². The molecule has 4 atom stereocenters. The Morgan fingerprint density at radius 2 is 1.37 bits per heavy atom. The summed E-state index contributed by atoms with van der Waals surface area (Å²) >= 11 is 0. The molecule has 0 aliphatic rings. The van der Waals surface area contributed by atoms with Gasteiger partial charge in [0.15, 0.2) is 12.2 Å². The van der Waals surface area contributed by atoms with Gasteiger partial charge >= 0.3 is 29.8 Å². The van der Waals surface area contributed by atoms with E-state index in [-0.39, 0.29) is 0 Å². The number of carbonyl (C=O) groups excluding carboxylic acids is 6. The van der Waals surface area contributed by atoms with Crippen LogP contribution >= 0.6 is 0 Å². The van der Waals surface area contributed by atoms with Crippen molar-refractivity contribution in [2.24, 2.45) is 5.41 Å². The topological polar surface area (TPSA) is 220 Å². The molecule has 1 unspecified atom stereocenters. The molecule has 41 heavy (non-hydrogen) atoms. The van der Waals surface area contributed by atoms with E-state index in [4.69, 9.17) is 33.2 Å². The minimum Gasteiger partial charge on any atom is -0.466 e. The molecule has 16 nitrogen and oxygen atoms in total. The van der Waals surface area contributed by atoms with Gasteiger partial charge in [0.05, 0.1) is 33.5 Å². The van der Waals surface area contributed by atoms with E-state index in [1.807, 2.05) is 0 Å². The molecule has 0 aromatic rings. The third-order valence-electron chi connectivity index (χ3n) is 5.35. The zero-order chi connectivity index (χ0) is 31.8. The van der Waals surface area contributed by atoms with Crippen LogP contribution in [0.5, 0.6) is 0 Å². The molecule has 1 amide bonds. The van der Waals surface area contributed by atoms with Gasteiger partial charge in [-0.1, -0.05) is 6.92 Å². The van der Waals surface area contributed by atoms with E-state index in [1.54, 1.807) is 0 Å². The molecule has 0 bridgehead atoms. The van der Waals surface area contributed by atoms with Crippen LogP contribution in [0.3, 0.4) is 0 Å². The Kier molecular flexibility index (Phi) is 16.7. The van der Waals surface area contributed by atoms with Crippen LogP contribution in [0, 0.1) is 5.41 Å². The molecular formula is C25H41NO15. The first-order valence-electron chi connectivity index (χ1n) is 12.5. The molecule has 0 aromatic heterocycles. The van der Waals surface area contributed by atoms with Crippen LogP contribution in [-0.2, 0) is 61.9 Å². The Labute approximate surface area is 237 Å².